The van der Waals surface area contributed by atoms with Crippen LogP contribution in [-0.2, 0) is 47.4 Å². The fraction of sp³-hybridized carbons (Fsp3) is 0.549. The van der Waals surface area contributed by atoms with Crippen molar-refractivity contribution in [2.75, 3.05) is 48.2 Å². The van der Waals surface area contributed by atoms with Gasteiger partial charge in [0.25, 0.3) is 11.8 Å². The first-order valence-electron chi connectivity index (χ1n) is 32.4. The van der Waals surface area contributed by atoms with Crippen LogP contribution in [0.2, 0.25) is 36.3 Å². The van der Waals surface area contributed by atoms with Crippen LogP contribution < -0.4 is 34.2 Å². The Labute approximate surface area is 540 Å². The molecule has 20 heteroatoms. The first kappa shape index (κ1) is 68.4. The maximum atomic E-state index is 15.2. The number of carbonyl (C=O) groups excluding carboxylic acids is 6. The van der Waals surface area contributed by atoms with Gasteiger partial charge in [-0.05, 0) is 147 Å². The lowest BCUT2D eigenvalue weighted by atomic mass is 9.96. The molecule has 4 aromatic carbocycles. The summed E-state index contributed by atoms with van der Waals surface area (Å²) in [6, 6.07) is 20.4. The molecular weight excluding hydrogens is 1190 g/mol. The second kappa shape index (κ2) is 26.9. The molecule has 0 bridgehead atoms. The number of hydrogen-bond acceptors (Lipinski definition) is 13. The largest absolute Gasteiger partial charge is 0.493 e. The van der Waals surface area contributed by atoms with Gasteiger partial charge in [0, 0.05) is 36.7 Å². The number of Topliss-reactive ketones (excluding diaryl/α,β-unsaturated/α-hetero) is 1. The first-order valence-corrected chi connectivity index (χ1v) is 38.3. The zero-order chi connectivity index (χ0) is 66.3. The Balaban J connectivity index is 0.926. The second-order valence-electron chi connectivity index (χ2n) is 29.1. The minimum absolute atomic E-state index is 0.0191. The SMILES string of the molecule is C=CCOC(=O)N1c2cc(OCCCCCOc3cc4c(cc3C)C(=O)N3CC5(CC5)C[C@H]3C(O[Si](C)(C)C(C)(C)C)N4C(=O)OCc3ccc(CC(=O)[C@H](C)NC(=O)[C@@H](C)C(C)C)cc3)c(OC)cc2C(=O)N2c3ccccc3C[C@H]2C1O[Si](C)(C)C(C)(C)C. The summed E-state index contributed by atoms with van der Waals surface area (Å²) in [5.74, 6) is 0.381. The minimum atomic E-state index is -2.64. The molecule has 1 saturated heterocycles. The Morgan fingerprint density at radius 1 is 0.703 bits per heavy atom. The van der Waals surface area contributed by atoms with E-state index in [4.69, 9.17) is 32.5 Å². The summed E-state index contributed by atoms with van der Waals surface area (Å²) in [5, 5.41) is 2.38. The van der Waals surface area contributed by atoms with Gasteiger partial charge in [-0.25, -0.2) is 19.4 Å². The average molecular weight is 1280 g/mol. The molecular formula is C71H97N5O13Si2. The minimum Gasteiger partial charge on any atom is -0.493 e. The van der Waals surface area contributed by atoms with Crippen molar-refractivity contribution in [3.8, 4) is 17.2 Å². The Hall–Kier alpha value is -7.01. The first-order chi connectivity index (χ1) is 42.8. The van der Waals surface area contributed by atoms with Crippen LogP contribution in [0.3, 0.4) is 0 Å². The Kier molecular flexibility index (Phi) is 20.2. The molecule has 0 aromatic heterocycles. The lowest BCUT2D eigenvalue weighted by Crippen LogP contribution is -2.59. The number of methoxy groups -OCH3 is 1. The number of carbonyl (C=O) groups is 6. The second-order valence-corrected chi connectivity index (χ2v) is 38.6. The fourth-order valence-electron chi connectivity index (χ4n) is 11.9. The highest BCUT2D eigenvalue weighted by Gasteiger charge is 2.60. The monoisotopic (exact) mass is 1280 g/mol. The number of para-hydroxylation sites is 1. The van der Waals surface area contributed by atoms with Gasteiger partial charge in [-0.1, -0.05) is 117 Å². The van der Waals surface area contributed by atoms with Crippen molar-refractivity contribution in [2.24, 2.45) is 17.3 Å². The van der Waals surface area contributed by atoms with E-state index in [1.807, 2.05) is 87.2 Å². The molecule has 5 aliphatic rings. The number of anilines is 3. The zero-order valence-electron chi connectivity index (χ0n) is 56.5. The predicted molar refractivity (Wildman–Crippen MR) is 358 cm³/mol. The van der Waals surface area contributed by atoms with E-state index in [1.54, 1.807) is 34.9 Å². The van der Waals surface area contributed by atoms with Gasteiger partial charge < -0.3 is 47.7 Å². The van der Waals surface area contributed by atoms with E-state index in [2.05, 4.69) is 79.6 Å². The number of ether oxygens (including phenoxy) is 5. The van der Waals surface area contributed by atoms with Crippen LogP contribution in [0.4, 0.5) is 26.7 Å². The molecule has 9 rings (SSSR count). The Bertz CT molecular complexity index is 3400. The van der Waals surface area contributed by atoms with Gasteiger partial charge in [0.1, 0.15) is 19.0 Å². The summed E-state index contributed by atoms with van der Waals surface area (Å²) in [7, 11) is -3.75. The average Bonchev–Trinajstić information content (AvgIpc) is 1.58. The summed E-state index contributed by atoms with van der Waals surface area (Å²) < 4.78 is 45.6. The van der Waals surface area contributed by atoms with Gasteiger partial charge in [0.2, 0.25) is 5.91 Å². The molecule has 1 saturated carbocycles. The molecule has 1 aliphatic carbocycles. The highest BCUT2D eigenvalue weighted by Crippen LogP contribution is 2.58. The number of fused-ring (bicyclic) bond motifs is 6. The van der Waals surface area contributed by atoms with Gasteiger partial charge in [-0.2, -0.15) is 0 Å². The van der Waals surface area contributed by atoms with Crippen LogP contribution in [-0.4, -0.2) is 121 Å². The highest BCUT2D eigenvalue weighted by molar-refractivity contribution is 6.74. The van der Waals surface area contributed by atoms with Gasteiger partial charge in [-0.15, -0.1) is 0 Å². The Morgan fingerprint density at radius 3 is 1.85 bits per heavy atom. The molecule has 2 fully saturated rings. The summed E-state index contributed by atoms with van der Waals surface area (Å²) >= 11 is 0. The van der Waals surface area contributed by atoms with Crippen molar-refractivity contribution < 1.29 is 61.3 Å². The number of aryl methyl sites for hydroxylation is 1. The molecule has 6 atom stereocenters. The number of rotatable bonds is 23. The molecule has 0 radical (unpaired) electrons. The van der Waals surface area contributed by atoms with E-state index in [0.29, 0.717) is 79.3 Å². The lowest BCUT2D eigenvalue weighted by molar-refractivity contribution is -0.130. The number of nitrogens with zero attached hydrogens (tertiary/aromatic N) is 4. The number of ketones is 1. The topological polar surface area (TPSA) is 192 Å². The van der Waals surface area contributed by atoms with E-state index in [9.17, 15) is 14.4 Å². The van der Waals surface area contributed by atoms with Crippen LogP contribution in [0.5, 0.6) is 17.2 Å². The smallest absolute Gasteiger partial charge is 0.416 e. The number of nitrogens with one attached hydrogen (secondary N) is 1. The summed E-state index contributed by atoms with van der Waals surface area (Å²) in [4.78, 5) is 92.4. The zero-order valence-corrected chi connectivity index (χ0v) is 58.5. The highest BCUT2D eigenvalue weighted by atomic mass is 28.4. The third kappa shape index (κ3) is 14.5. The molecule has 4 heterocycles. The van der Waals surface area contributed by atoms with E-state index in [-0.39, 0.29) is 88.3 Å². The van der Waals surface area contributed by atoms with Crippen molar-refractivity contribution >= 4 is 69.4 Å². The van der Waals surface area contributed by atoms with Gasteiger partial charge in [0.15, 0.2) is 46.4 Å². The predicted octanol–water partition coefficient (Wildman–Crippen LogP) is 14.1. The van der Waals surface area contributed by atoms with Crippen LogP contribution in [0.15, 0.2) is 85.5 Å². The van der Waals surface area contributed by atoms with Crippen molar-refractivity contribution in [2.45, 2.75) is 201 Å². The standard InChI is InChI=1S/C71H97N5O13Si2/c1-18-32-86-67(81)75-55-40-61(60(83-13)38-52(55)64(80)74-53-25-21-20-24-50(53)37-56(74)65(75)88-90(14,15)69(7,8)9)85-34-23-19-22-33-84-59-39-54-51(35-45(59)4)63(79)73-43-71(30-31-71)41-57(73)66(89-91(16,17)70(10,11)12)76(54)68(82)87-42-49-28-26-48(27-29-49)36-58(77)47(6)72-62(78)46(5)44(2)3/h18,20-21,24-29,35,38-40,44,46-47,56-57,65-66H,1,19,22-23,30-34,36-37,41-43H2,2-17H3,(H,72,78)/t46-,47-,56-,57-,65?,66?/m0/s1. The summed E-state index contributed by atoms with van der Waals surface area (Å²) in [5.41, 5.74) is 5.18. The maximum Gasteiger partial charge on any atom is 0.416 e. The summed E-state index contributed by atoms with van der Waals surface area (Å²) in [6.07, 6.45) is 3.62. The quantitative estimate of drug-likeness (QED) is 0.0419. The van der Waals surface area contributed by atoms with E-state index in [1.165, 1.54) is 18.1 Å². The lowest BCUT2D eigenvalue weighted by Gasteiger charge is -2.44. The van der Waals surface area contributed by atoms with E-state index >= 15 is 14.4 Å². The molecule has 5 amide bonds. The van der Waals surface area contributed by atoms with Crippen LogP contribution >= 0.6 is 0 Å². The number of hydrogen-bond donors (Lipinski definition) is 1. The molecule has 18 nitrogen and oxygen atoms in total. The maximum absolute atomic E-state index is 15.2. The number of benzene rings is 4. The van der Waals surface area contributed by atoms with Gasteiger partial charge >= 0.3 is 12.2 Å². The molecule has 2 unspecified atom stereocenters. The number of unbranched alkanes of at least 4 members (excludes halogenated alkanes) is 2. The van der Waals surface area contributed by atoms with Crippen molar-refractivity contribution in [3.63, 3.8) is 0 Å². The van der Waals surface area contributed by atoms with E-state index < -0.39 is 59.4 Å². The van der Waals surface area contributed by atoms with Crippen molar-refractivity contribution in [1.29, 1.82) is 0 Å². The fourth-order valence-corrected chi connectivity index (χ4v) is 14.4. The number of amides is 5. The van der Waals surface area contributed by atoms with Gasteiger partial charge in [0.05, 0.1) is 61.0 Å². The normalized spacial score (nSPS) is 19.9. The van der Waals surface area contributed by atoms with Gasteiger partial charge in [-0.3, -0.25) is 19.2 Å². The molecule has 4 aromatic rings. The van der Waals surface area contributed by atoms with E-state index in [0.717, 1.165) is 35.2 Å². The Morgan fingerprint density at radius 2 is 1.26 bits per heavy atom. The third-order valence-corrected chi connectivity index (χ3v) is 29.1. The third-order valence-electron chi connectivity index (χ3n) is 20.2. The molecule has 91 heavy (non-hydrogen) atoms. The molecule has 492 valence electrons. The summed E-state index contributed by atoms with van der Waals surface area (Å²) in [6.45, 7) is 35.7. The molecule has 1 N–H and O–H groups in total. The van der Waals surface area contributed by atoms with Crippen LogP contribution in [0, 0.1) is 24.2 Å². The van der Waals surface area contributed by atoms with Crippen LogP contribution in [0.1, 0.15) is 151 Å². The van der Waals surface area contributed by atoms with Crippen molar-refractivity contribution in [1.82, 2.24) is 10.2 Å². The molecule has 1 spiro atoms. The van der Waals surface area contributed by atoms with Crippen molar-refractivity contribution in [3.05, 3.63) is 119 Å². The molecule has 4 aliphatic heterocycles. The van der Waals surface area contributed by atoms with Crippen LogP contribution in [0.25, 0.3) is 0 Å².